The number of nitrogens with one attached hydrogen (secondary N) is 2. The second-order valence-corrected chi connectivity index (χ2v) is 6.12. The first-order valence-corrected chi connectivity index (χ1v) is 8.50. The lowest BCUT2D eigenvalue weighted by Gasteiger charge is -2.09. The Morgan fingerprint density at radius 1 is 0.926 bits per heavy atom. The van der Waals surface area contributed by atoms with E-state index in [1.54, 1.807) is 6.20 Å². The Balaban J connectivity index is 1.51. The summed E-state index contributed by atoms with van der Waals surface area (Å²) in [7, 11) is 0. The number of carbonyl (C=O) groups excluding carboxylic acids is 1. The number of aryl methyl sites for hydroxylation is 1. The molecule has 0 aliphatic rings. The van der Waals surface area contributed by atoms with E-state index in [9.17, 15) is 4.79 Å². The molecule has 0 unspecified atom stereocenters. The summed E-state index contributed by atoms with van der Waals surface area (Å²) >= 11 is 0. The molecule has 1 amide bonds. The number of anilines is 3. The van der Waals surface area contributed by atoms with Gasteiger partial charge in [0.2, 0.25) is 0 Å². The quantitative estimate of drug-likeness (QED) is 0.569. The summed E-state index contributed by atoms with van der Waals surface area (Å²) < 4.78 is 0. The highest BCUT2D eigenvalue weighted by Gasteiger charge is 2.09. The van der Waals surface area contributed by atoms with Gasteiger partial charge in [-0.25, -0.2) is 9.97 Å². The number of carbonyl (C=O) groups is 1. The number of aromatic nitrogens is 3. The molecule has 0 atom stereocenters. The van der Waals surface area contributed by atoms with E-state index in [0.29, 0.717) is 5.82 Å². The van der Waals surface area contributed by atoms with Gasteiger partial charge in [0.1, 0.15) is 11.5 Å². The summed E-state index contributed by atoms with van der Waals surface area (Å²) in [6.45, 7) is 1.97. The Bertz CT molecular complexity index is 1100. The van der Waals surface area contributed by atoms with Crippen molar-refractivity contribution in [1.29, 1.82) is 0 Å². The lowest BCUT2D eigenvalue weighted by Crippen LogP contribution is -2.14. The SMILES string of the molecule is Cc1cccc(NC(=O)c2cnc(Nc3cccc4cccnc34)cn2)c1. The molecular weight excluding hydrogens is 338 g/mol. The van der Waals surface area contributed by atoms with Gasteiger partial charge in [-0.1, -0.05) is 30.3 Å². The molecule has 0 spiro atoms. The predicted molar refractivity (Wildman–Crippen MR) is 106 cm³/mol. The molecule has 0 aliphatic heterocycles. The molecule has 0 fully saturated rings. The standard InChI is InChI=1S/C21H17N5O/c1-14-5-2-8-16(11-14)25-21(27)18-12-24-19(13-23-18)26-17-9-3-6-15-7-4-10-22-20(15)17/h2-13H,1H3,(H,24,26)(H,25,27). The van der Waals surface area contributed by atoms with E-state index in [-0.39, 0.29) is 11.6 Å². The van der Waals surface area contributed by atoms with Crippen molar-refractivity contribution in [3.63, 3.8) is 0 Å². The highest BCUT2D eigenvalue weighted by molar-refractivity contribution is 6.02. The smallest absolute Gasteiger partial charge is 0.275 e. The number of hydrogen-bond acceptors (Lipinski definition) is 5. The molecule has 2 aromatic heterocycles. The van der Waals surface area contributed by atoms with Gasteiger partial charge in [0.25, 0.3) is 5.91 Å². The minimum atomic E-state index is -0.300. The Labute approximate surface area is 156 Å². The number of fused-ring (bicyclic) bond motifs is 1. The summed E-state index contributed by atoms with van der Waals surface area (Å²) in [6.07, 6.45) is 4.73. The molecule has 6 heteroatoms. The normalized spacial score (nSPS) is 10.6. The Morgan fingerprint density at radius 3 is 2.59 bits per heavy atom. The maximum absolute atomic E-state index is 12.3. The van der Waals surface area contributed by atoms with Crippen LogP contribution in [0.15, 0.2) is 73.2 Å². The van der Waals surface area contributed by atoms with Crippen LogP contribution in [-0.2, 0) is 0 Å². The lowest BCUT2D eigenvalue weighted by atomic mass is 10.2. The number of para-hydroxylation sites is 1. The molecule has 0 aliphatic carbocycles. The fourth-order valence-corrected chi connectivity index (χ4v) is 2.77. The second-order valence-electron chi connectivity index (χ2n) is 6.12. The van der Waals surface area contributed by atoms with Crippen molar-refractivity contribution in [2.24, 2.45) is 0 Å². The number of pyridine rings is 1. The minimum Gasteiger partial charge on any atom is -0.337 e. The first-order chi connectivity index (χ1) is 13.2. The van der Waals surface area contributed by atoms with Crippen molar-refractivity contribution in [2.45, 2.75) is 6.92 Å². The monoisotopic (exact) mass is 355 g/mol. The van der Waals surface area contributed by atoms with Crippen molar-refractivity contribution in [2.75, 3.05) is 10.6 Å². The maximum Gasteiger partial charge on any atom is 0.275 e. The van der Waals surface area contributed by atoms with Gasteiger partial charge >= 0.3 is 0 Å². The van der Waals surface area contributed by atoms with Crippen LogP contribution in [0.2, 0.25) is 0 Å². The van der Waals surface area contributed by atoms with Gasteiger partial charge in [0, 0.05) is 17.3 Å². The number of hydrogen-bond donors (Lipinski definition) is 2. The van der Waals surface area contributed by atoms with Crippen molar-refractivity contribution in [3.8, 4) is 0 Å². The number of rotatable bonds is 4. The van der Waals surface area contributed by atoms with Gasteiger partial charge in [-0.05, 0) is 36.8 Å². The molecule has 4 aromatic rings. The van der Waals surface area contributed by atoms with Crippen molar-refractivity contribution >= 4 is 34.0 Å². The second kappa shape index (κ2) is 7.21. The Hall–Kier alpha value is -3.80. The first-order valence-electron chi connectivity index (χ1n) is 8.50. The summed E-state index contributed by atoms with van der Waals surface area (Å²) in [4.78, 5) is 25.2. The average molecular weight is 355 g/mol. The van der Waals surface area contributed by atoms with Crippen molar-refractivity contribution in [1.82, 2.24) is 15.0 Å². The summed E-state index contributed by atoms with van der Waals surface area (Å²) in [5.74, 6) is 0.242. The van der Waals surface area contributed by atoms with E-state index in [0.717, 1.165) is 27.8 Å². The predicted octanol–water partition coefficient (Wildman–Crippen LogP) is 4.33. The van der Waals surface area contributed by atoms with E-state index in [1.807, 2.05) is 61.5 Å². The Morgan fingerprint density at radius 2 is 1.78 bits per heavy atom. The van der Waals surface area contributed by atoms with Gasteiger partial charge in [-0.15, -0.1) is 0 Å². The number of amides is 1. The molecule has 2 aromatic carbocycles. The molecule has 0 saturated heterocycles. The highest BCUT2D eigenvalue weighted by atomic mass is 16.1. The summed E-state index contributed by atoms with van der Waals surface area (Å²) in [5, 5.41) is 7.05. The minimum absolute atomic E-state index is 0.248. The fourth-order valence-electron chi connectivity index (χ4n) is 2.77. The average Bonchev–Trinajstić information content (AvgIpc) is 2.69. The molecule has 0 radical (unpaired) electrons. The molecule has 0 saturated carbocycles. The molecule has 27 heavy (non-hydrogen) atoms. The van der Waals surface area contributed by atoms with Crippen LogP contribution in [0.25, 0.3) is 10.9 Å². The van der Waals surface area contributed by atoms with Gasteiger partial charge in [-0.2, -0.15) is 0 Å². The van der Waals surface area contributed by atoms with Crippen LogP contribution < -0.4 is 10.6 Å². The van der Waals surface area contributed by atoms with E-state index >= 15 is 0 Å². The molecular formula is C21H17N5O. The molecule has 2 heterocycles. The van der Waals surface area contributed by atoms with Gasteiger partial charge in [0.15, 0.2) is 0 Å². The largest absolute Gasteiger partial charge is 0.337 e. The Kier molecular flexibility index (Phi) is 4.45. The van der Waals surface area contributed by atoms with Gasteiger partial charge in [0.05, 0.1) is 23.6 Å². The fraction of sp³-hybridized carbons (Fsp3) is 0.0476. The zero-order chi connectivity index (χ0) is 18.6. The molecule has 4 rings (SSSR count). The van der Waals surface area contributed by atoms with Gasteiger partial charge in [-0.3, -0.25) is 9.78 Å². The first kappa shape index (κ1) is 16.7. The lowest BCUT2D eigenvalue weighted by molar-refractivity contribution is 0.102. The van der Waals surface area contributed by atoms with E-state index in [4.69, 9.17) is 0 Å². The van der Waals surface area contributed by atoms with Crippen LogP contribution in [0, 0.1) is 6.92 Å². The van der Waals surface area contributed by atoms with Crippen LogP contribution in [0.3, 0.4) is 0 Å². The maximum atomic E-state index is 12.3. The topological polar surface area (TPSA) is 79.8 Å². The van der Waals surface area contributed by atoms with E-state index in [2.05, 4.69) is 25.6 Å². The molecule has 6 nitrogen and oxygen atoms in total. The third kappa shape index (κ3) is 3.74. The van der Waals surface area contributed by atoms with Crippen molar-refractivity contribution in [3.05, 3.63) is 84.4 Å². The van der Waals surface area contributed by atoms with Crippen LogP contribution in [0.4, 0.5) is 17.2 Å². The van der Waals surface area contributed by atoms with Crippen LogP contribution in [0.5, 0.6) is 0 Å². The van der Waals surface area contributed by atoms with Crippen LogP contribution >= 0.6 is 0 Å². The number of benzene rings is 2. The summed E-state index contributed by atoms with van der Waals surface area (Å²) in [6, 6.07) is 17.4. The third-order valence-electron chi connectivity index (χ3n) is 4.06. The number of nitrogens with zero attached hydrogens (tertiary/aromatic N) is 3. The molecule has 132 valence electrons. The van der Waals surface area contributed by atoms with Crippen molar-refractivity contribution < 1.29 is 4.79 Å². The zero-order valence-corrected chi connectivity index (χ0v) is 14.7. The molecule has 2 N–H and O–H groups in total. The van der Waals surface area contributed by atoms with Crippen LogP contribution in [0.1, 0.15) is 16.1 Å². The zero-order valence-electron chi connectivity index (χ0n) is 14.7. The van der Waals surface area contributed by atoms with Crippen LogP contribution in [-0.4, -0.2) is 20.9 Å². The summed E-state index contributed by atoms with van der Waals surface area (Å²) in [5.41, 5.74) is 3.73. The molecule has 0 bridgehead atoms. The van der Waals surface area contributed by atoms with E-state index in [1.165, 1.54) is 12.4 Å². The third-order valence-corrected chi connectivity index (χ3v) is 4.06. The highest BCUT2D eigenvalue weighted by Crippen LogP contribution is 2.23. The van der Waals surface area contributed by atoms with Gasteiger partial charge < -0.3 is 10.6 Å². The van der Waals surface area contributed by atoms with E-state index < -0.39 is 0 Å².